The predicted octanol–water partition coefficient (Wildman–Crippen LogP) is 2.72. The van der Waals surface area contributed by atoms with Crippen LogP contribution >= 0.6 is 0 Å². The molecule has 0 unspecified atom stereocenters. The third-order valence-electron chi connectivity index (χ3n) is 2.89. The van der Waals surface area contributed by atoms with Gasteiger partial charge in [-0.2, -0.15) is 0 Å². The summed E-state index contributed by atoms with van der Waals surface area (Å²) in [6.07, 6.45) is 0. The lowest BCUT2D eigenvalue weighted by atomic mass is 10.2. The maximum Gasteiger partial charge on any atom is 0.335 e. The Balaban J connectivity index is 2.31. The molecule has 0 saturated carbocycles. The molecule has 0 radical (unpaired) electrons. The molecule has 2 N–H and O–H groups in total. The van der Waals surface area contributed by atoms with E-state index in [1.54, 1.807) is 13.0 Å². The van der Waals surface area contributed by atoms with Crippen molar-refractivity contribution in [1.82, 2.24) is 0 Å². The van der Waals surface area contributed by atoms with Crippen LogP contribution in [0.25, 0.3) is 0 Å². The average Bonchev–Trinajstić information content (AvgIpc) is 2.49. The SMILES string of the molecule is CCOc1cccc(S(=O)(=O)Nc2ccc(C(=O)O)cc2F)c1. The topological polar surface area (TPSA) is 92.7 Å². The first-order valence-electron chi connectivity index (χ1n) is 6.62. The molecule has 0 aliphatic heterocycles. The van der Waals surface area contributed by atoms with E-state index >= 15 is 0 Å². The summed E-state index contributed by atoms with van der Waals surface area (Å²) in [7, 11) is -4.03. The summed E-state index contributed by atoms with van der Waals surface area (Å²) < 4.78 is 45.7. The Morgan fingerprint density at radius 2 is 2.00 bits per heavy atom. The number of aromatic carboxylic acids is 1. The van der Waals surface area contributed by atoms with E-state index in [1.165, 1.54) is 18.2 Å². The first-order chi connectivity index (χ1) is 10.8. The molecule has 0 aliphatic carbocycles. The third-order valence-corrected chi connectivity index (χ3v) is 4.25. The van der Waals surface area contributed by atoms with Gasteiger partial charge in [0.2, 0.25) is 0 Å². The molecule has 23 heavy (non-hydrogen) atoms. The molecule has 0 fully saturated rings. The first kappa shape index (κ1) is 16.8. The summed E-state index contributed by atoms with van der Waals surface area (Å²) in [4.78, 5) is 10.7. The lowest BCUT2D eigenvalue weighted by Crippen LogP contribution is -2.14. The number of hydrogen-bond donors (Lipinski definition) is 2. The Hall–Kier alpha value is -2.61. The van der Waals surface area contributed by atoms with Gasteiger partial charge in [0.1, 0.15) is 11.6 Å². The van der Waals surface area contributed by atoms with Gasteiger partial charge in [0.25, 0.3) is 10.0 Å². The second-order valence-corrected chi connectivity index (χ2v) is 6.20. The van der Waals surface area contributed by atoms with Gasteiger partial charge in [0, 0.05) is 6.07 Å². The molecule has 0 spiro atoms. The highest BCUT2D eigenvalue weighted by Gasteiger charge is 2.18. The standard InChI is InChI=1S/C15H14FNO5S/c1-2-22-11-4-3-5-12(9-11)23(20,21)17-14-7-6-10(15(18)19)8-13(14)16/h3-9,17H,2H2,1H3,(H,18,19). The fraction of sp³-hybridized carbons (Fsp3) is 0.133. The van der Waals surface area contributed by atoms with E-state index in [0.717, 1.165) is 18.2 Å². The van der Waals surface area contributed by atoms with Crippen molar-refractivity contribution in [3.05, 3.63) is 53.8 Å². The maximum atomic E-state index is 13.8. The molecule has 6 nitrogen and oxygen atoms in total. The highest BCUT2D eigenvalue weighted by molar-refractivity contribution is 7.92. The molecule has 8 heteroatoms. The molecule has 0 amide bonds. The molecule has 0 saturated heterocycles. The smallest absolute Gasteiger partial charge is 0.335 e. The number of carboxylic acids is 1. The van der Waals surface area contributed by atoms with Crippen molar-refractivity contribution in [2.75, 3.05) is 11.3 Å². The molecule has 122 valence electrons. The van der Waals surface area contributed by atoms with Crippen LogP contribution in [0, 0.1) is 5.82 Å². The Morgan fingerprint density at radius 3 is 2.61 bits per heavy atom. The van der Waals surface area contributed by atoms with Crippen molar-refractivity contribution in [2.45, 2.75) is 11.8 Å². The number of nitrogens with one attached hydrogen (secondary N) is 1. The fourth-order valence-corrected chi connectivity index (χ4v) is 2.93. The Kier molecular flexibility index (Phi) is 4.85. The summed E-state index contributed by atoms with van der Waals surface area (Å²) in [5.74, 6) is -1.91. The van der Waals surface area contributed by atoms with Crippen LogP contribution in [0.4, 0.5) is 10.1 Å². The minimum Gasteiger partial charge on any atom is -0.494 e. The number of hydrogen-bond acceptors (Lipinski definition) is 4. The van der Waals surface area contributed by atoms with E-state index in [0.29, 0.717) is 12.4 Å². The molecule has 0 aromatic heterocycles. The van der Waals surface area contributed by atoms with Crippen LogP contribution in [-0.4, -0.2) is 26.1 Å². The summed E-state index contributed by atoms with van der Waals surface area (Å²) in [6.45, 7) is 2.14. The highest BCUT2D eigenvalue weighted by Crippen LogP contribution is 2.23. The number of rotatable bonds is 6. The minimum absolute atomic E-state index is 0.0924. The van der Waals surface area contributed by atoms with E-state index in [4.69, 9.17) is 9.84 Å². The molecule has 2 rings (SSSR count). The fourth-order valence-electron chi connectivity index (χ4n) is 1.83. The molecule has 0 bridgehead atoms. The lowest BCUT2D eigenvalue weighted by Gasteiger charge is -2.10. The number of carbonyl (C=O) groups is 1. The van der Waals surface area contributed by atoms with Crippen molar-refractivity contribution < 1.29 is 27.4 Å². The Morgan fingerprint density at radius 1 is 1.26 bits per heavy atom. The van der Waals surface area contributed by atoms with Gasteiger partial charge >= 0.3 is 5.97 Å². The summed E-state index contributed by atoms with van der Waals surface area (Å²) in [5.41, 5.74) is -0.611. The van der Waals surface area contributed by atoms with Gasteiger partial charge < -0.3 is 9.84 Å². The van der Waals surface area contributed by atoms with Crippen LogP contribution in [0.2, 0.25) is 0 Å². The van der Waals surface area contributed by atoms with Gasteiger partial charge in [-0.1, -0.05) is 6.07 Å². The summed E-state index contributed by atoms with van der Waals surface area (Å²) >= 11 is 0. The predicted molar refractivity (Wildman–Crippen MR) is 81.8 cm³/mol. The first-order valence-corrected chi connectivity index (χ1v) is 8.10. The number of halogens is 1. The number of benzene rings is 2. The van der Waals surface area contributed by atoms with Crippen molar-refractivity contribution in [1.29, 1.82) is 0 Å². The third kappa shape index (κ3) is 3.98. The van der Waals surface area contributed by atoms with Gasteiger partial charge in [-0.25, -0.2) is 17.6 Å². The molecular weight excluding hydrogens is 325 g/mol. The van der Waals surface area contributed by atoms with E-state index in [9.17, 15) is 17.6 Å². The Labute approximate surface area is 132 Å². The van der Waals surface area contributed by atoms with E-state index in [-0.39, 0.29) is 16.1 Å². The van der Waals surface area contributed by atoms with E-state index in [1.807, 2.05) is 0 Å². The minimum atomic E-state index is -4.03. The van der Waals surface area contributed by atoms with Gasteiger partial charge in [0.15, 0.2) is 0 Å². The monoisotopic (exact) mass is 339 g/mol. The van der Waals surface area contributed by atoms with Crippen LogP contribution in [0.1, 0.15) is 17.3 Å². The van der Waals surface area contributed by atoms with Crippen molar-refractivity contribution in [2.24, 2.45) is 0 Å². The molecular formula is C15H14FNO5S. The van der Waals surface area contributed by atoms with Crippen LogP contribution in [0.3, 0.4) is 0 Å². The number of carboxylic acid groups (broad SMARTS) is 1. The zero-order valence-corrected chi connectivity index (χ0v) is 12.9. The normalized spacial score (nSPS) is 11.0. The largest absolute Gasteiger partial charge is 0.494 e. The Bertz CT molecular complexity index is 836. The number of sulfonamides is 1. The quantitative estimate of drug-likeness (QED) is 0.844. The highest BCUT2D eigenvalue weighted by atomic mass is 32.2. The average molecular weight is 339 g/mol. The van der Waals surface area contributed by atoms with E-state index < -0.39 is 21.8 Å². The molecule has 0 aliphatic rings. The number of anilines is 1. The lowest BCUT2D eigenvalue weighted by molar-refractivity contribution is 0.0696. The van der Waals surface area contributed by atoms with Crippen molar-refractivity contribution >= 4 is 21.7 Å². The van der Waals surface area contributed by atoms with Crippen molar-refractivity contribution in [3.63, 3.8) is 0 Å². The van der Waals surface area contributed by atoms with Gasteiger partial charge in [-0.05, 0) is 37.3 Å². The molecule has 2 aromatic carbocycles. The van der Waals surface area contributed by atoms with E-state index in [2.05, 4.69) is 4.72 Å². The van der Waals surface area contributed by atoms with Crippen LogP contribution in [-0.2, 0) is 10.0 Å². The summed E-state index contributed by atoms with van der Waals surface area (Å²) in [6, 6.07) is 8.68. The maximum absolute atomic E-state index is 13.8. The van der Waals surface area contributed by atoms with Gasteiger partial charge in [-0.15, -0.1) is 0 Å². The summed E-state index contributed by atoms with van der Waals surface area (Å²) in [5, 5.41) is 8.77. The molecule has 2 aromatic rings. The second kappa shape index (κ2) is 6.66. The zero-order chi connectivity index (χ0) is 17.0. The number of ether oxygens (including phenoxy) is 1. The van der Waals surface area contributed by atoms with Crippen molar-refractivity contribution in [3.8, 4) is 5.75 Å². The molecule has 0 atom stereocenters. The second-order valence-electron chi connectivity index (χ2n) is 4.51. The zero-order valence-electron chi connectivity index (χ0n) is 12.1. The van der Waals surface area contributed by atoms with Crippen LogP contribution in [0.5, 0.6) is 5.75 Å². The van der Waals surface area contributed by atoms with Crippen LogP contribution < -0.4 is 9.46 Å². The van der Waals surface area contributed by atoms with Gasteiger partial charge in [0.05, 0.1) is 22.8 Å². The van der Waals surface area contributed by atoms with Gasteiger partial charge in [-0.3, -0.25) is 4.72 Å². The molecule has 0 heterocycles. The van der Waals surface area contributed by atoms with Crippen LogP contribution in [0.15, 0.2) is 47.4 Å².